The first kappa shape index (κ1) is 18.8. The Kier molecular flexibility index (Phi) is 5.71. The second-order valence-electron chi connectivity index (χ2n) is 5.55. The van der Waals surface area contributed by atoms with E-state index in [-0.39, 0.29) is 5.91 Å². The summed E-state index contributed by atoms with van der Waals surface area (Å²) in [5, 5.41) is 0.649. The van der Waals surface area contributed by atoms with Gasteiger partial charge in [-0.1, -0.05) is 23.9 Å². The number of aromatic nitrogens is 2. The fourth-order valence-electron chi connectivity index (χ4n) is 2.79. The first-order valence-corrected chi connectivity index (χ1v) is 9.39. The Bertz CT molecular complexity index is 985. The highest BCUT2D eigenvalue weighted by Gasteiger charge is 2.15. The maximum Gasteiger partial charge on any atom is 0.257 e. The lowest BCUT2D eigenvalue weighted by Gasteiger charge is -2.12. The summed E-state index contributed by atoms with van der Waals surface area (Å²) in [6, 6.07) is 11.1. The van der Waals surface area contributed by atoms with Gasteiger partial charge >= 0.3 is 0 Å². The van der Waals surface area contributed by atoms with E-state index < -0.39 is 0 Å². The van der Waals surface area contributed by atoms with Gasteiger partial charge in [0.05, 0.1) is 32.4 Å². The van der Waals surface area contributed by atoms with E-state index in [4.69, 9.17) is 14.2 Å². The monoisotopic (exact) mass is 384 g/mol. The minimum atomic E-state index is -0.179. The fourth-order valence-corrected chi connectivity index (χ4v) is 3.35. The van der Waals surface area contributed by atoms with Crippen molar-refractivity contribution in [1.29, 1.82) is 0 Å². The number of para-hydroxylation sites is 2. The van der Waals surface area contributed by atoms with Gasteiger partial charge in [0, 0.05) is 6.08 Å². The lowest BCUT2D eigenvalue weighted by Crippen LogP contribution is -2.08. The van der Waals surface area contributed by atoms with Crippen molar-refractivity contribution >= 4 is 34.8 Å². The van der Waals surface area contributed by atoms with Gasteiger partial charge in [0.15, 0.2) is 16.7 Å². The van der Waals surface area contributed by atoms with Gasteiger partial charge in [-0.05, 0) is 42.2 Å². The zero-order valence-electron chi connectivity index (χ0n) is 15.6. The minimum absolute atomic E-state index is 0.179. The topological polar surface area (TPSA) is 62.6 Å². The maximum atomic E-state index is 12.8. The second kappa shape index (κ2) is 8.18. The third-order valence-electron chi connectivity index (χ3n) is 4.04. The van der Waals surface area contributed by atoms with Gasteiger partial charge in [0.2, 0.25) is 5.75 Å². The first-order chi connectivity index (χ1) is 13.1. The molecule has 0 radical (unpaired) electrons. The van der Waals surface area contributed by atoms with E-state index in [9.17, 15) is 4.79 Å². The van der Waals surface area contributed by atoms with Crippen LogP contribution in [0.1, 0.15) is 10.4 Å². The zero-order valence-corrected chi connectivity index (χ0v) is 16.4. The molecule has 0 spiro atoms. The Morgan fingerprint density at radius 3 is 2.33 bits per heavy atom. The lowest BCUT2D eigenvalue weighted by molar-refractivity contribution is 0.0965. The van der Waals surface area contributed by atoms with E-state index in [0.29, 0.717) is 22.4 Å². The number of hydrogen-bond acceptors (Lipinski definition) is 6. The molecule has 0 N–H and O–H groups in total. The van der Waals surface area contributed by atoms with Crippen molar-refractivity contribution in [3.63, 3.8) is 0 Å². The van der Waals surface area contributed by atoms with Crippen LogP contribution in [0.4, 0.5) is 0 Å². The SMILES string of the molecule is COc1cc(C=CC(=O)n2c(SC)nc3ccccc32)cc(OC)c1OC. The minimum Gasteiger partial charge on any atom is -0.493 e. The molecule has 3 aromatic rings. The predicted octanol–water partition coefficient (Wildman–Crippen LogP) is 4.14. The number of benzene rings is 2. The molecule has 0 aliphatic heterocycles. The van der Waals surface area contributed by atoms with Crippen molar-refractivity contribution in [3.8, 4) is 17.2 Å². The molecule has 2 aromatic carbocycles. The van der Waals surface area contributed by atoms with Crippen LogP contribution in [0.5, 0.6) is 17.2 Å². The molecule has 27 heavy (non-hydrogen) atoms. The summed E-state index contributed by atoms with van der Waals surface area (Å²) >= 11 is 1.43. The van der Waals surface area contributed by atoms with Gasteiger partial charge in [-0.2, -0.15) is 0 Å². The van der Waals surface area contributed by atoms with Crippen LogP contribution in [0.15, 0.2) is 47.6 Å². The molecule has 3 rings (SSSR count). The van der Waals surface area contributed by atoms with E-state index in [2.05, 4.69) is 4.98 Å². The number of nitrogens with zero attached hydrogens (tertiary/aromatic N) is 2. The van der Waals surface area contributed by atoms with E-state index in [1.165, 1.54) is 17.8 Å². The van der Waals surface area contributed by atoms with Crippen LogP contribution in [0.2, 0.25) is 0 Å². The average Bonchev–Trinajstić information content (AvgIpc) is 3.09. The molecule has 0 bridgehead atoms. The third-order valence-corrected chi connectivity index (χ3v) is 4.68. The van der Waals surface area contributed by atoms with Crippen molar-refractivity contribution in [3.05, 3.63) is 48.0 Å². The fraction of sp³-hybridized carbons (Fsp3) is 0.200. The molecule has 0 fully saturated rings. The van der Waals surface area contributed by atoms with Crippen LogP contribution in [-0.4, -0.2) is 43.0 Å². The summed E-state index contributed by atoms with van der Waals surface area (Å²) in [5.74, 6) is 1.39. The Morgan fingerprint density at radius 2 is 1.74 bits per heavy atom. The highest BCUT2D eigenvalue weighted by atomic mass is 32.2. The Balaban J connectivity index is 1.98. The molecule has 7 heteroatoms. The van der Waals surface area contributed by atoms with Gasteiger partial charge in [-0.15, -0.1) is 0 Å². The predicted molar refractivity (Wildman–Crippen MR) is 107 cm³/mol. The van der Waals surface area contributed by atoms with E-state index >= 15 is 0 Å². The first-order valence-electron chi connectivity index (χ1n) is 8.16. The molecule has 0 saturated carbocycles. The van der Waals surface area contributed by atoms with Gasteiger partial charge in [0.1, 0.15) is 0 Å². The van der Waals surface area contributed by atoms with Crippen molar-refractivity contribution < 1.29 is 19.0 Å². The molecule has 1 aromatic heterocycles. The molecular weight excluding hydrogens is 364 g/mol. The number of methoxy groups -OCH3 is 3. The molecular formula is C20H20N2O4S. The number of imidazole rings is 1. The van der Waals surface area contributed by atoms with Gasteiger partial charge in [0.25, 0.3) is 5.91 Å². The van der Waals surface area contributed by atoms with Crippen LogP contribution < -0.4 is 14.2 Å². The van der Waals surface area contributed by atoms with E-state index in [1.807, 2.05) is 30.5 Å². The highest BCUT2D eigenvalue weighted by Crippen LogP contribution is 2.38. The second-order valence-corrected chi connectivity index (χ2v) is 6.33. The summed E-state index contributed by atoms with van der Waals surface area (Å²) < 4.78 is 17.6. The molecule has 0 aliphatic rings. The number of rotatable bonds is 6. The Morgan fingerprint density at radius 1 is 1.07 bits per heavy atom. The van der Waals surface area contributed by atoms with Crippen molar-refractivity contribution in [2.75, 3.05) is 27.6 Å². The normalized spacial score (nSPS) is 11.1. The van der Waals surface area contributed by atoms with Crippen molar-refractivity contribution in [2.24, 2.45) is 0 Å². The molecule has 6 nitrogen and oxygen atoms in total. The summed E-state index contributed by atoms with van der Waals surface area (Å²) in [5.41, 5.74) is 2.32. The van der Waals surface area contributed by atoms with Crippen LogP contribution >= 0.6 is 11.8 Å². The van der Waals surface area contributed by atoms with Gasteiger partial charge in [-0.3, -0.25) is 9.36 Å². The quantitative estimate of drug-likeness (QED) is 0.470. The molecule has 0 amide bonds. The molecule has 0 unspecified atom stereocenters. The maximum absolute atomic E-state index is 12.8. The Labute approximate surface area is 161 Å². The lowest BCUT2D eigenvalue weighted by atomic mass is 10.1. The van der Waals surface area contributed by atoms with Crippen LogP contribution in [0.25, 0.3) is 17.1 Å². The molecule has 0 atom stereocenters. The van der Waals surface area contributed by atoms with Crippen molar-refractivity contribution in [1.82, 2.24) is 9.55 Å². The van der Waals surface area contributed by atoms with Crippen LogP contribution in [0, 0.1) is 0 Å². The van der Waals surface area contributed by atoms with E-state index in [1.54, 1.807) is 44.1 Å². The van der Waals surface area contributed by atoms with Crippen LogP contribution in [-0.2, 0) is 0 Å². The van der Waals surface area contributed by atoms with Gasteiger partial charge < -0.3 is 14.2 Å². The largest absolute Gasteiger partial charge is 0.493 e. The van der Waals surface area contributed by atoms with E-state index in [0.717, 1.165) is 16.6 Å². The smallest absolute Gasteiger partial charge is 0.257 e. The summed E-state index contributed by atoms with van der Waals surface area (Å²) in [4.78, 5) is 17.3. The van der Waals surface area contributed by atoms with Crippen LogP contribution in [0.3, 0.4) is 0 Å². The molecule has 1 heterocycles. The Hall–Kier alpha value is -2.93. The van der Waals surface area contributed by atoms with Crippen molar-refractivity contribution in [2.45, 2.75) is 5.16 Å². The zero-order chi connectivity index (χ0) is 19.4. The molecule has 140 valence electrons. The number of fused-ring (bicyclic) bond motifs is 1. The standard InChI is InChI=1S/C20H20N2O4S/c1-24-16-11-13(12-17(25-2)19(16)26-3)9-10-18(23)22-15-8-6-5-7-14(15)21-20(22)27-4/h5-12H,1-4H3. The number of carbonyl (C=O) groups is 1. The number of allylic oxidation sites excluding steroid dienone is 1. The summed E-state index contributed by atoms with van der Waals surface area (Å²) in [7, 11) is 4.66. The highest BCUT2D eigenvalue weighted by molar-refractivity contribution is 7.98. The number of hydrogen-bond donors (Lipinski definition) is 0. The van der Waals surface area contributed by atoms with Gasteiger partial charge in [-0.25, -0.2) is 4.98 Å². The summed E-state index contributed by atoms with van der Waals surface area (Å²) in [6.07, 6.45) is 5.12. The number of ether oxygens (including phenoxy) is 3. The number of carbonyl (C=O) groups excluding carboxylic acids is 1. The average molecular weight is 384 g/mol. The third kappa shape index (κ3) is 3.64. The molecule has 0 aliphatic carbocycles. The number of thioether (sulfide) groups is 1. The summed E-state index contributed by atoms with van der Waals surface area (Å²) in [6.45, 7) is 0. The molecule has 0 saturated heterocycles.